The number of ether oxygens (including phenoxy) is 1. The number of amides is 1. The van der Waals surface area contributed by atoms with Crippen molar-refractivity contribution in [1.29, 1.82) is 0 Å². The highest BCUT2D eigenvalue weighted by Crippen LogP contribution is 2.11. The number of para-hydroxylation sites is 1. The molecule has 1 aromatic heterocycles. The molecule has 0 radical (unpaired) electrons. The van der Waals surface area contributed by atoms with E-state index >= 15 is 0 Å². The number of nitrogens with zero attached hydrogens (tertiary/aromatic N) is 2. The summed E-state index contributed by atoms with van der Waals surface area (Å²) in [6.07, 6.45) is 0. The van der Waals surface area contributed by atoms with Gasteiger partial charge < -0.3 is 15.0 Å². The molecule has 2 N–H and O–H groups in total. The second-order valence-electron chi connectivity index (χ2n) is 6.45. The average molecular weight is 394 g/mol. The first kappa shape index (κ1) is 20.2. The number of carbonyl (C=O) groups is 2. The maximum atomic E-state index is 12.4. The first-order valence-corrected chi connectivity index (χ1v) is 9.18. The lowest BCUT2D eigenvalue weighted by Gasteiger charge is -2.19. The molecule has 0 saturated carbocycles. The Kier molecular flexibility index (Phi) is 6.36. The minimum atomic E-state index is -0.433. The van der Waals surface area contributed by atoms with Crippen LogP contribution in [0.3, 0.4) is 0 Å². The predicted molar refractivity (Wildman–Crippen MR) is 110 cm³/mol. The van der Waals surface area contributed by atoms with Gasteiger partial charge in [-0.1, -0.05) is 19.1 Å². The fraction of sp³-hybridized carbons (Fsp3) is 0.238. The van der Waals surface area contributed by atoms with Crippen LogP contribution in [0.5, 0.6) is 0 Å². The average Bonchev–Trinajstić information content (AvgIpc) is 2.73. The van der Waals surface area contributed by atoms with Crippen molar-refractivity contribution in [2.45, 2.75) is 13.5 Å². The van der Waals surface area contributed by atoms with Gasteiger partial charge in [0, 0.05) is 5.69 Å². The van der Waals surface area contributed by atoms with Crippen molar-refractivity contribution in [1.82, 2.24) is 14.9 Å². The molecule has 8 heteroatoms. The molecule has 0 bridgehead atoms. The molecule has 150 valence electrons. The molecular weight excluding hydrogens is 372 g/mol. The van der Waals surface area contributed by atoms with E-state index in [4.69, 9.17) is 0 Å². The van der Waals surface area contributed by atoms with E-state index in [2.05, 4.69) is 20.0 Å². The van der Waals surface area contributed by atoms with E-state index in [1.54, 1.807) is 42.5 Å². The van der Waals surface area contributed by atoms with E-state index in [0.717, 1.165) is 0 Å². The molecule has 8 nitrogen and oxygen atoms in total. The largest absolute Gasteiger partial charge is 0.465 e. The highest BCUT2D eigenvalue weighted by atomic mass is 16.5. The molecule has 0 saturated heterocycles. The Labute approximate surface area is 167 Å². The standard InChI is InChI=1S/C21H22N4O4/c1-3-25(12-18-23-17-7-5-4-6-16(17)20(27)24-18)13-19(26)22-15-10-8-14(9-11-15)21(28)29-2/h4-11H,3,12-13H2,1-2H3,(H,22,26)(H,23,24,27). The Morgan fingerprint density at radius 1 is 1.14 bits per heavy atom. The van der Waals surface area contributed by atoms with E-state index in [1.165, 1.54) is 7.11 Å². The molecule has 0 aliphatic heterocycles. The van der Waals surface area contributed by atoms with Gasteiger partial charge in [0.2, 0.25) is 5.91 Å². The van der Waals surface area contributed by atoms with Gasteiger partial charge in [0.15, 0.2) is 0 Å². The Balaban J connectivity index is 1.64. The monoisotopic (exact) mass is 394 g/mol. The number of H-pyrrole nitrogens is 1. The summed E-state index contributed by atoms with van der Waals surface area (Å²) in [6.45, 7) is 3.00. The number of fused-ring (bicyclic) bond motifs is 1. The summed E-state index contributed by atoms with van der Waals surface area (Å²) in [5, 5.41) is 3.33. The SMILES string of the molecule is CCN(CC(=O)Nc1ccc(C(=O)OC)cc1)Cc1nc2ccccc2c(=O)[nH]1. The van der Waals surface area contributed by atoms with Gasteiger partial charge >= 0.3 is 5.97 Å². The molecule has 0 fully saturated rings. The number of aromatic amines is 1. The molecule has 0 atom stereocenters. The first-order valence-electron chi connectivity index (χ1n) is 9.18. The lowest BCUT2D eigenvalue weighted by Crippen LogP contribution is -2.33. The van der Waals surface area contributed by atoms with Crippen molar-refractivity contribution in [3.63, 3.8) is 0 Å². The second-order valence-corrected chi connectivity index (χ2v) is 6.45. The van der Waals surface area contributed by atoms with Gasteiger partial charge in [-0.05, 0) is 42.9 Å². The number of carbonyl (C=O) groups excluding carboxylic acids is 2. The third kappa shape index (κ3) is 5.05. The summed E-state index contributed by atoms with van der Waals surface area (Å²) in [5.41, 5.74) is 1.41. The molecule has 1 amide bonds. The van der Waals surface area contributed by atoms with Crippen LogP contribution in [0.4, 0.5) is 5.69 Å². The summed E-state index contributed by atoms with van der Waals surface area (Å²) in [6, 6.07) is 13.6. The van der Waals surface area contributed by atoms with Crippen LogP contribution in [-0.2, 0) is 16.1 Å². The van der Waals surface area contributed by atoms with Gasteiger partial charge in [-0.15, -0.1) is 0 Å². The topological polar surface area (TPSA) is 104 Å². The van der Waals surface area contributed by atoms with Crippen molar-refractivity contribution in [2.24, 2.45) is 0 Å². The maximum Gasteiger partial charge on any atom is 0.337 e. The molecule has 1 heterocycles. The van der Waals surface area contributed by atoms with Crippen LogP contribution >= 0.6 is 0 Å². The summed E-state index contributed by atoms with van der Waals surface area (Å²) in [4.78, 5) is 45.2. The number of nitrogens with one attached hydrogen (secondary N) is 2. The lowest BCUT2D eigenvalue weighted by molar-refractivity contribution is -0.117. The quantitative estimate of drug-likeness (QED) is 0.595. The summed E-state index contributed by atoms with van der Waals surface area (Å²) < 4.78 is 4.65. The number of likely N-dealkylation sites (N-methyl/N-ethyl adjacent to an activating group) is 1. The molecule has 29 heavy (non-hydrogen) atoms. The number of anilines is 1. The van der Waals surface area contributed by atoms with Gasteiger partial charge in [0.1, 0.15) is 5.82 Å². The molecule has 2 aromatic carbocycles. The van der Waals surface area contributed by atoms with Crippen LogP contribution < -0.4 is 10.9 Å². The van der Waals surface area contributed by atoms with Gasteiger partial charge in [0.05, 0.1) is 36.7 Å². The van der Waals surface area contributed by atoms with Crippen LogP contribution in [0.1, 0.15) is 23.1 Å². The van der Waals surface area contributed by atoms with Crippen LogP contribution in [-0.4, -0.2) is 46.9 Å². The highest BCUT2D eigenvalue weighted by molar-refractivity contribution is 5.94. The van der Waals surface area contributed by atoms with E-state index in [0.29, 0.717) is 41.1 Å². The Morgan fingerprint density at radius 3 is 2.55 bits per heavy atom. The lowest BCUT2D eigenvalue weighted by atomic mass is 10.2. The van der Waals surface area contributed by atoms with Gasteiger partial charge in [-0.2, -0.15) is 0 Å². The summed E-state index contributed by atoms with van der Waals surface area (Å²) in [5.74, 6) is -0.136. The van der Waals surface area contributed by atoms with Crippen molar-refractivity contribution >= 4 is 28.5 Å². The third-order valence-corrected chi connectivity index (χ3v) is 4.44. The number of methoxy groups -OCH3 is 1. The normalized spacial score (nSPS) is 10.9. The molecule has 3 aromatic rings. The van der Waals surface area contributed by atoms with Crippen LogP contribution in [0, 0.1) is 0 Å². The molecule has 0 aliphatic carbocycles. The van der Waals surface area contributed by atoms with Crippen LogP contribution in [0.25, 0.3) is 10.9 Å². The van der Waals surface area contributed by atoms with E-state index < -0.39 is 5.97 Å². The minimum Gasteiger partial charge on any atom is -0.465 e. The minimum absolute atomic E-state index is 0.131. The predicted octanol–water partition coefficient (Wildman–Crippen LogP) is 2.17. The van der Waals surface area contributed by atoms with Gasteiger partial charge in [-0.25, -0.2) is 9.78 Å². The molecule has 3 rings (SSSR count). The molecule has 0 unspecified atom stereocenters. The molecular formula is C21H22N4O4. The number of rotatable bonds is 7. The number of aromatic nitrogens is 2. The van der Waals surface area contributed by atoms with Crippen molar-refractivity contribution in [3.05, 3.63) is 70.3 Å². The Hall–Kier alpha value is -3.52. The summed E-state index contributed by atoms with van der Waals surface area (Å²) >= 11 is 0. The van der Waals surface area contributed by atoms with Crippen LogP contribution in [0.15, 0.2) is 53.3 Å². The van der Waals surface area contributed by atoms with Crippen molar-refractivity contribution in [2.75, 3.05) is 25.5 Å². The smallest absolute Gasteiger partial charge is 0.337 e. The number of hydrogen-bond donors (Lipinski definition) is 2. The Bertz CT molecular complexity index is 1080. The van der Waals surface area contributed by atoms with E-state index in [1.807, 2.05) is 17.9 Å². The number of hydrogen-bond acceptors (Lipinski definition) is 6. The second kappa shape index (κ2) is 9.11. The van der Waals surface area contributed by atoms with E-state index in [-0.39, 0.29) is 18.0 Å². The van der Waals surface area contributed by atoms with Crippen molar-refractivity contribution < 1.29 is 14.3 Å². The fourth-order valence-electron chi connectivity index (χ4n) is 2.91. The van der Waals surface area contributed by atoms with Crippen molar-refractivity contribution in [3.8, 4) is 0 Å². The zero-order valence-corrected chi connectivity index (χ0v) is 16.3. The highest BCUT2D eigenvalue weighted by Gasteiger charge is 2.13. The zero-order chi connectivity index (χ0) is 20.8. The summed E-state index contributed by atoms with van der Waals surface area (Å²) in [7, 11) is 1.31. The fourth-order valence-corrected chi connectivity index (χ4v) is 2.91. The number of benzene rings is 2. The third-order valence-electron chi connectivity index (χ3n) is 4.44. The molecule has 0 spiro atoms. The van der Waals surface area contributed by atoms with Crippen LogP contribution in [0.2, 0.25) is 0 Å². The maximum absolute atomic E-state index is 12.4. The van der Waals surface area contributed by atoms with Gasteiger partial charge in [0.25, 0.3) is 5.56 Å². The zero-order valence-electron chi connectivity index (χ0n) is 16.3. The van der Waals surface area contributed by atoms with Gasteiger partial charge in [-0.3, -0.25) is 14.5 Å². The number of esters is 1. The van der Waals surface area contributed by atoms with E-state index in [9.17, 15) is 14.4 Å². The first-order chi connectivity index (χ1) is 14.0. The Morgan fingerprint density at radius 2 is 1.86 bits per heavy atom. The molecule has 0 aliphatic rings.